The lowest BCUT2D eigenvalue weighted by molar-refractivity contribution is 0.122. The Hall–Kier alpha value is -1.43. The van der Waals surface area contributed by atoms with Gasteiger partial charge in [0.25, 0.3) is 0 Å². The largest absolute Gasteiger partial charge is 0.238 e. The molecule has 0 spiro atoms. The second kappa shape index (κ2) is 6.65. The van der Waals surface area contributed by atoms with Crippen molar-refractivity contribution >= 4 is 0 Å². The number of rotatable bonds is 4. The lowest BCUT2D eigenvalue weighted by Crippen LogP contribution is -2.14. The molecule has 0 radical (unpaired) electrons. The number of hydrogen-bond acceptors (Lipinski definition) is 1. The lowest BCUT2D eigenvalue weighted by Gasteiger charge is -2.28. The van der Waals surface area contributed by atoms with E-state index in [1.165, 1.54) is 5.56 Å². The first kappa shape index (κ1) is 14.0. The van der Waals surface area contributed by atoms with Crippen molar-refractivity contribution in [2.24, 2.45) is 5.92 Å². The van der Waals surface area contributed by atoms with E-state index in [9.17, 15) is 8.78 Å². The minimum Gasteiger partial charge on any atom is -0.211 e. The molecule has 0 unspecified atom stereocenters. The summed E-state index contributed by atoms with van der Waals surface area (Å²) in [6, 6.07) is 9.90. The van der Waals surface area contributed by atoms with Crippen LogP contribution in [-0.4, -0.2) is 6.43 Å². The van der Waals surface area contributed by atoms with Gasteiger partial charge in [-0.3, -0.25) is 0 Å². The van der Waals surface area contributed by atoms with Gasteiger partial charge in [0.05, 0.1) is 11.6 Å². The van der Waals surface area contributed by atoms with E-state index < -0.39 is 6.43 Å². The molecule has 19 heavy (non-hydrogen) atoms. The van der Waals surface area contributed by atoms with Crippen LogP contribution >= 0.6 is 0 Å². The molecule has 1 aromatic rings. The van der Waals surface area contributed by atoms with Crippen LogP contribution in [0.4, 0.5) is 8.78 Å². The second-order valence-corrected chi connectivity index (χ2v) is 5.42. The fourth-order valence-electron chi connectivity index (χ4n) is 2.98. The molecule has 0 saturated heterocycles. The van der Waals surface area contributed by atoms with E-state index in [1.54, 1.807) is 0 Å². The molecule has 1 saturated carbocycles. The van der Waals surface area contributed by atoms with Gasteiger partial charge in [-0.25, -0.2) is 8.78 Å². The van der Waals surface area contributed by atoms with E-state index in [1.807, 2.05) is 24.3 Å². The number of benzene rings is 1. The van der Waals surface area contributed by atoms with Gasteiger partial charge in [0, 0.05) is 6.42 Å². The molecule has 0 bridgehead atoms. The van der Waals surface area contributed by atoms with Gasteiger partial charge >= 0.3 is 0 Å². The number of nitrogens with zero attached hydrogens (tertiary/aromatic N) is 1. The van der Waals surface area contributed by atoms with Crippen molar-refractivity contribution in [3.63, 3.8) is 0 Å². The Morgan fingerprint density at radius 3 is 2.26 bits per heavy atom. The van der Waals surface area contributed by atoms with Gasteiger partial charge < -0.3 is 0 Å². The van der Waals surface area contributed by atoms with Crippen LogP contribution in [0.2, 0.25) is 0 Å². The maximum atomic E-state index is 12.2. The highest BCUT2D eigenvalue weighted by Crippen LogP contribution is 2.37. The topological polar surface area (TPSA) is 23.8 Å². The predicted molar refractivity (Wildman–Crippen MR) is 71.1 cm³/mol. The summed E-state index contributed by atoms with van der Waals surface area (Å²) in [5.41, 5.74) is 1.97. The molecule has 0 aliphatic heterocycles. The molecule has 1 aliphatic rings. The minimum atomic E-state index is -2.16. The SMILES string of the molecule is N#Cc1ccc(C2CCC(CCC(F)F)CC2)cc1. The number of hydrogen-bond donors (Lipinski definition) is 0. The van der Waals surface area contributed by atoms with Gasteiger partial charge in [-0.2, -0.15) is 5.26 Å². The van der Waals surface area contributed by atoms with Crippen LogP contribution in [0.3, 0.4) is 0 Å². The molecule has 0 amide bonds. The fourth-order valence-corrected chi connectivity index (χ4v) is 2.98. The van der Waals surface area contributed by atoms with E-state index >= 15 is 0 Å². The van der Waals surface area contributed by atoms with Gasteiger partial charge in [0.15, 0.2) is 0 Å². The number of nitriles is 1. The van der Waals surface area contributed by atoms with Crippen LogP contribution in [-0.2, 0) is 0 Å². The van der Waals surface area contributed by atoms with Crippen LogP contribution in [0.15, 0.2) is 24.3 Å². The number of halogens is 2. The lowest BCUT2D eigenvalue weighted by atomic mass is 9.77. The summed E-state index contributed by atoms with van der Waals surface area (Å²) < 4.78 is 24.4. The summed E-state index contributed by atoms with van der Waals surface area (Å²) in [6.45, 7) is 0. The molecule has 0 N–H and O–H groups in total. The van der Waals surface area contributed by atoms with Gasteiger partial charge in [-0.1, -0.05) is 12.1 Å². The summed E-state index contributed by atoms with van der Waals surface area (Å²) in [7, 11) is 0. The van der Waals surface area contributed by atoms with E-state index in [0.29, 0.717) is 23.8 Å². The molecule has 2 rings (SSSR count). The Bertz CT molecular complexity index is 425. The van der Waals surface area contributed by atoms with Crippen molar-refractivity contribution in [2.75, 3.05) is 0 Å². The average molecular weight is 263 g/mol. The Labute approximate surface area is 113 Å². The molecular weight excluding hydrogens is 244 g/mol. The average Bonchev–Trinajstić information content (AvgIpc) is 2.46. The quantitative estimate of drug-likeness (QED) is 0.759. The summed E-state index contributed by atoms with van der Waals surface area (Å²) in [4.78, 5) is 0. The Kier molecular flexibility index (Phi) is 4.90. The standard InChI is InChI=1S/C16H19F2N/c17-16(18)10-5-12-1-6-14(7-2-12)15-8-3-13(11-19)4-9-15/h3-4,8-9,12,14,16H,1-2,5-7,10H2. The second-order valence-electron chi connectivity index (χ2n) is 5.42. The normalized spacial score (nSPS) is 23.3. The monoisotopic (exact) mass is 263 g/mol. The molecule has 1 fully saturated rings. The summed E-state index contributed by atoms with van der Waals surface area (Å²) >= 11 is 0. The molecule has 1 nitrogen and oxygen atoms in total. The molecule has 1 aliphatic carbocycles. The van der Waals surface area contributed by atoms with Crippen molar-refractivity contribution in [1.29, 1.82) is 5.26 Å². The third kappa shape index (κ3) is 4.02. The van der Waals surface area contributed by atoms with Gasteiger partial charge in [-0.15, -0.1) is 0 Å². The Balaban J connectivity index is 1.84. The maximum Gasteiger partial charge on any atom is 0.238 e. The van der Waals surface area contributed by atoms with Crippen molar-refractivity contribution in [3.05, 3.63) is 35.4 Å². The molecule has 102 valence electrons. The van der Waals surface area contributed by atoms with Crippen molar-refractivity contribution in [2.45, 2.75) is 50.9 Å². The van der Waals surface area contributed by atoms with E-state index in [0.717, 1.165) is 25.7 Å². The third-order valence-electron chi connectivity index (χ3n) is 4.15. The third-order valence-corrected chi connectivity index (χ3v) is 4.15. The first-order valence-electron chi connectivity index (χ1n) is 6.97. The zero-order valence-corrected chi connectivity index (χ0v) is 11.0. The highest BCUT2D eigenvalue weighted by Gasteiger charge is 2.22. The Morgan fingerprint density at radius 1 is 1.11 bits per heavy atom. The molecule has 3 heteroatoms. The molecular formula is C16H19F2N. The predicted octanol–water partition coefficient (Wildman–Crippen LogP) is 4.88. The molecule has 0 heterocycles. The first-order chi connectivity index (χ1) is 9.19. The van der Waals surface area contributed by atoms with E-state index in [2.05, 4.69) is 6.07 Å². The van der Waals surface area contributed by atoms with Gasteiger partial charge in [-0.05, 0) is 61.6 Å². The van der Waals surface area contributed by atoms with Crippen LogP contribution in [0.5, 0.6) is 0 Å². The fraction of sp³-hybridized carbons (Fsp3) is 0.562. The zero-order valence-electron chi connectivity index (χ0n) is 11.0. The van der Waals surface area contributed by atoms with Crippen LogP contribution in [0.1, 0.15) is 55.6 Å². The molecule has 1 aromatic carbocycles. The zero-order chi connectivity index (χ0) is 13.7. The van der Waals surface area contributed by atoms with Crippen LogP contribution < -0.4 is 0 Å². The smallest absolute Gasteiger partial charge is 0.211 e. The van der Waals surface area contributed by atoms with Crippen molar-refractivity contribution in [3.8, 4) is 6.07 Å². The van der Waals surface area contributed by atoms with Crippen molar-refractivity contribution < 1.29 is 8.78 Å². The van der Waals surface area contributed by atoms with Crippen molar-refractivity contribution in [1.82, 2.24) is 0 Å². The summed E-state index contributed by atoms with van der Waals surface area (Å²) in [6.07, 6.45) is 2.83. The molecule has 0 atom stereocenters. The van der Waals surface area contributed by atoms with Crippen LogP contribution in [0, 0.1) is 17.2 Å². The highest BCUT2D eigenvalue weighted by molar-refractivity contribution is 5.33. The van der Waals surface area contributed by atoms with E-state index in [4.69, 9.17) is 5.26 Å². The van der Waals surface area contributed by atoms with Gasteiger partial charge in [0.1, 0.15) is 0 Å². The summed E-state index contributed by atoms with van der Waals surface area (Å²) in [5, 5.41) is 8.77. The van der Waals surface area contributed by atoms with Crippen LogP contribution in [0.25, 0.3) is 0 Å². The summed E-state index contributed by atoms with van der Waals surface area (Å²) in [5.74, 6) is 1.01. The van der Waals surface area contributed by atoms with Gasteiger partial charge in [0.2, 0.25) is 6.43 Å². The maximum absolute atomic E-state index is 12.2. The molecule has 0 aromatic heterocycles. The number of alkyl halides is 2. The first-order valence-corrected chi connectivity index (χ1v) is 6.97. The Morgan fingerprint density at radius 2 is 1.74 bits per heavy atom. The van der Waals surface area contributed by atoms with E-state index in [-0.39, 0.29) is 6.42 Å². The minimum absolute atomic E-state index is 0.0478. The highest BCUT2D eigenvalue weighted by atomic mass is 19.3.